The average Bonchev–Trinajstić information content (AvgIpc) is 3.21. The van der Waals surface area contributed by atoms with Gasteiger partial charge in [0.05, 0.1) is 12.0 Å². The number of fused-ring (bicyclic) bond motifs is 2. The van der Waals surface area contributed by atoms with Gasteiger partial charge in [-0.3, -0.25) is 4.79 Å². The third-order valence-corrected chi connectivity index (χ3v) is 6.36. The normalized spacial score (nSPS) is 24.0. The predicted octanol–water partition coefficient (Wildman–Crippen LogP) is 1.14. The molecule has 0 aliphatic carbocycles. The molecule has 0 radical (unpaired) electrons. The molecular formula is C21H26N2O5. The van der Waals surface area contributed by atoms with Crippen LogP contribution in [0.3, 0.4) is 0 Å². The SMILES string of the molecule is Cc1cc(OCC(=O)N2C[C@@H]3CNC[C@]3(CO)C2)c2c(C)c(C)c(=O)oc2c1. The molecule has 7 nitrogen and oxygen atoms in total. The van der Waals surface area contributed by atoms with E-state index >= 15 is 0 Å². The fourth-order valence-electron chi connectivity index (χ4n) is 4.47. The number of hydrogen-bond acceptors (Lipinski definition) is 6. The standard InChI is InChI=1S/C21H26N2O5/c1-12-4-16(19-13(2)14(3)20(26)28-17(19)5-12)27-8-18(25)23-7-15-6-22-9-21(15,10-23)11-24/h4-5,15,22,24H,6-11H2,1-3H3/t15-,21+/m0/s1. The summed E-state index contributed by atoms with van der Waals surface area (Å²) in [5, 5.41) is 13.9. The highest BCUT2D eigenvalue weighted by atomic mass is 16.5. The molecule has 2 N–H and O–H groups in total. The van der Waals surface area contributed by atoms with E-state index in [1.165, 1.54) is 0 Å². The molecule has 1 aromatic carbocycles. The highest BCUT2D eigenvalue weighted by Crippen LogP contribution is 2.38. The molecule has 0 saturated carbocycles. The summed E-state index contributed by atoms with van der Waals surface area (Å²) < 4.78 is 11.3. The smallest absolute Gasteiger partial charge is 0.339 e. The molecule has 28 heavy (non-hydrogen) atoms. The summed E-state index contributed by atoms with van der Waals surface area (Å²) in [6.07, 6.45) is 0. The molecule has 2 aliphatic rings. The number of benzene rings is 1. The van der Waals surface area contributed by atoms with E-state index < -0.39 is 0 Å². The van der Waals surface area contributed by atoms with Gasteiger partial charge in [-0.15, -0.1) is 0 Å². The summed E-state index contributed by atoms with van der Waals surface area (Å²) in [5.74, 6) is 0.731. The van der Waals surface area contributed by atoms with E-state index in [0.29, 0.717) is 30.0 Å². The molecule has 1 aromatic heterocycles. The van der Waals surface area contributed by atoms with E-state index in [2.05, 4.69) is 5.32 Å². The number of rotatable bonds is 4. The van der Waals surface area contributed by atoms with E-state index in [1.54, 1.807) is 17.9 Å². The number of carbonyl (C=O) groups is 1. The lowest BCUT2D eigenvalue weighted by atomic mass is 9.82. The van der Waals surface area contributed by atoms with Crippen molar-refractivity contribution in [3.05, 3.63) is 39.2 Å². The van der Waals surface area contributed by atoms with Crippen LogP contribution < -0.4 is 15.7 Å². The first kappa shape index (κ1) is 19.0. The summed E-state index contributed by atoms with van der Waals surface area (Å²) in [6.45, 7) is 8.21. The Morgan fingerprint density at radius 2 is 2.14 bits per heavy atom. The number of ether oxygens (including phenoxy) is 1. The van der Waals surface area contributed by atoms with Crippen LogP contribution in [0.2, 0.25) is 0 Å². The minimum absolute atomic E-state index is 0.0787. The lowest BCUT2D eigenvalue weighted by molar-refractivity contribution is -0.132. The van der Waals surface area contributed by atoms with Crippen molar-refractivity contribution in [3.63, 3.8) is 0 Å². The van der Waals surface area contributed by atoms with Crippen LogP contribution in [0.15, 0.2) is 21.3 Å². The fourth-order valence-corrected chi connectivity index (χ4v) is 4.47. The van der Waals surface area contributed by atoms with Crippen LogP contribution in [0.5, 0.6) is 5.75 Å². The molecule has 1 amide bonds. The van der Waals surface area contributed by atoms with Gasteiger partial charge in [0.2, 0.25) is 0 Å². The summed E-state index contributed by atoms with van der Waals surface area (Å²) in [7, 11) is 0. The maximum absolute atomic E-state index is 12.8. The Bertz CT molecular complexity index is 998. The summed E-state index contributed by atoms with van der Waals surface area (Å²) in [6, 6.07) is 3.66. The van der Waals surface area contributed by atoms with Gasteiger partial charge in [-0.25, -0.2) is 4.79 Å². The van der Waals surface area contributed by atoms with E-state index in [9.17, 15) is 14.7 Å². The van der Waals surface area contributed by atoms with Crippen molar-refractivity contribution in [3.8, 4) is 5.75 Å². The Hall–Kier alpha value is -2.38. The zero-order valence-corrected chi connectivity index (χ0v) is 16.5. The summed E-state index contributed by atoms with van der Waals surface area (Å²) >= 11 is 0. The molecule has 150 valence electrons. The zero-order chi connectivity index (χ0) is 20.1. The van der Waals surface area contributed by atoms with Crippen molar-refractivity contribution in [1.82, 2.24) is 10.2 Å². The molecule has 2 atom stereocenters. The van der Waals surface area contributed by atoms with Crippen molar-refractivity contribution in [2.45, 2.75) is 20.8 Å². The highest BCUT2D eigenvalue weighted by Gasteiger charge is 2.50. The van der Waals surface area contributed by atoms with E-state index in [1.807, 2.05) is 19.9 Å². The van der Waals surface area contributed by atoms with E-state index in [-0.39, 0.29) is 36.1 Å². The van der Waals surface area contributed by atoms with Crippen LogP contribution in [0.1, 0.15) is 16.7 Å². The minimum Gasteiger partial charge on any atom is -0.483 e. The second-order valence-corrected chi connectivity index (χ2v) is 8.19. The first-order valence-corrected chi connectivity index (χ1v) is 9.61. The van der Waals surface area contributed by atoms with Gasteiger partial charge in [-0.2, -0.15) is 0 Å². The Morgan fingerprint density at radius 1 is 1.36 bits per heavy atom. The average molecular weight is 386 g/mol. The van der Waals surface area contributed by atoms with Gasteiger partial charge in [0.1, 0.15) is 11.3 Å². The number of hydrogen-bond donors (Lipinski definition) is 2. The first-order valence-electron chi connectivity index (χ1n) is 9.61. The summed E-state index contributed by atoms with van der Waals surface area (Å²) in [5.41, 5.74) is 2.11. The lowest BCUT2D eigenvalue weighted by Crippen LogP contribution is -2.39. The fraction of sp³-hybridized carbons (Fsp3) is 0.524. The number of aryl methyl sites for hydroxylation is 2. The first-order chi connectivity index (χ1) is 13.3. The highest BCUT2D eigenvalue weighted by molar-refractivity contribution is 5.88. The third-order valence-electron chi connectivity index (χ3n) is 6.36. The molecule has 2 fully saturated rings. The maximum atomic E-state index is 12.8. The quantitative estimate of drug-likeness (QED) is 0.766. The van der Waals surface area contributed by atoms with Crippen molar-refractivity contribution >= 4 is 16.9 Å². The van der Waals surface area contributed by atoms with Gasteiger partial charge in [-0.05, 0) is 49.9 Å². The van der Waals surface area contributed by atoms with Crippen LogP contribution >= 0.6 is 0 Å². The van der Waals surface area contributed by atoms with Gasteiger partial charge in [0, 0.05) is 37.2 Å². The number of likely N-dealkylation sites (tertiary alicyclic amines) is 1. The van der Waals surface area contributed by atoms with Crippen LogP contribution in [0.4, 0.5) is 0 Å². The number of carbonyl (C=O) groups excluding carboxylic acids is 1. The topological polar surface area (TPSA) is 92.0 Å². The Kier molecular flexibility index (Phi) is 4.67. The van der Waals surface area contributed by atoms with Crippen LogP contribution in [0, 0.1) is 32.1 Å². The molecular weight excluding hydrogens is 360 g/mol. The van der Waals surface area contributed by atoms with E-state index in [4.69, 9.17) is 9.15 Å². The maximum Gasteiger partial charge on any atom is 0.339 e. The van der Waals surface area contributed by atoms with Gasteiger partial charge in [0.25, 0.3) is 5.91 Å². The van der Waals surface area contributed by atoms with Crippen molar-refractivity contribution in [2.24, 2.45) is 11.3 Å². The van der Waals surface area contributed by atoms with Gasteiger partial charge in [-0.1, -0.05) is 0 Å². The van der Waals surface area contributed by atoms with Crippen LogP contribution in [-0.4, -0.2) is 55.3 Å². The second kappa shape index (κ2) is 6.90. The number of amides is 1. The molecule has 3 heterocycles. The van der Waals surface area contributed by atoms with Crippen LogP contribution in [-0.2, 0) is 4.79 Å². The molecule has 0 spiro atoms. The second-order valence-electron chi connectivity index (χ2n) is 8.19. The largest absolute Gasteiger partial charge is 0.483 e. The molecule has 2 aromatic rings. The van der Waals surface area contributed by atoms with Crippen molar-refractivity contribution in [1.29, 1.82) is 0 Å². The monoisotopic (exact) mass is 386 g/mol. The molecule has 2 aliphatic heterocycles. The molecule has 7 heteroatoms. The van der Waals surface area contributed by atoms with E-state index in [0.717, 1.165) is 29.6 Å². The van der Waals surface area contributed by atoms with Gasteiger partial charge < -0.3 is 24.5 Å². The summed E-state index contributed by atoms with van der Waals surface area (Å²) in [4.78, 5) is 26.5. The molecule has 0 bridgehead atoms. The molecule has 0 unspecified atom stereocenters. The number of aliphatic hydroxyl groups excluding tert-OH is 1. The van der Waals surface area contributed by atoms with Gasteiger partial charge >= 0.3 is 5.63 Å². The Morgan fingerprint density at radius 3 is 2.86 bits per heavy atom. The zero-order valence-electron chi connectivity index (χ0n) is 16.5. The lowest BCUT2D eigenvalue weighted by Gasteiger charge is -2.25. The third kappa shape index (κ3) is 2.99. The predicted molar refractivity (Wildman–Crippen MR) is 105 cm³/mol. The number of aliphatic hydroxyl groups is 1. The van der Waals surface area contributed by atoms with Crippen molar-refractivity contribution < 1.29 is 19.1 Å². The number of nitrogens with zero attached hydrogens (tertiary/aromatic N) is 1. The Labute approximate surface area is 163 Å². The Balaban J connectivity index is 1.56. The minimum atomic E-state index is -0.357. The molecule has 4 rings (SSSR count). The van der Waals surface area contributed by atoms with Crippen LogP contribution in [0.25, 0.3) is 11.0 Å². The molecule has 2 saturated heterocycles. The van der Waals surface area contributed by atoms with Gasteiger partial charge in [0.15, 0.2) is 6.61 Å². The van der Waals surface area contributed by atoms with Crippen molar-refractivity contribution in [2.75, 3.05) is 39.4 Å². The number of nitrogens with one attached hydrogen (secondary N) is 1.